The SMILES string of the molecule is CCNc1c(C)cc(C)cc1[N+](=O)[O-].CCNc1c(C)cc(CC)cc1C.CCNc1c(C)cc(Cl)cc1C. The van der Waals surface area contributed by atoms with Gasteiger partial charge in [0.25, 0.3) is 5.69 Å². The molecule has 39 heavy (non-hydrogen) atoms. The number of hydrogen-bond donors (Lipinski definition) is 3. The minimum atomic E-state index is -0.349. The molecule has 3 aromatic rings. The summed E-state index contributed by atoms with van der Waals surface area (Å²) in [6.07, 6.45) is 1.12. The Morgan fingerprint density at radius 1 is 0.641 bits per heavy atom. The second-order valence-electron chi connectivity index (χ2n) is 9.70. The van der Waals surface area contributed by atoms with Crippen molar-refractivity contribution < 1.29 is 4.92 Å². The Bertz CT molecular complexity index is 1200. The van der Waals surface area contributed by atoms with Gasteiger partial charge in [-0.3, -0.25) is 10.1 Å². The Labute approximate surface area is 240 Å². The number of nitro groups is 1. The average Bonchev–Trinajstić information content (AvgIpc) is 2.85. The predicted molar refractivity (Wildman–Crippen MR) is 171 cm³/mol. The highest BCUT2D eigenvalue weighted by atomic mass is 35.5. The summed E-state index contributed by atoms with van der Waals surface area (Å²) in [4.78, 5) is 10.4. The summed E-state index contributed by atoms with van der Waals surface area (Å²) in [7, 11) is 0. The molecule has 0 spiro atoms. The zero-order valence-corrected chi connectivity index (χ0v) is 26.2. The lowest BCUT2D eigenvalue weighted by Crippen LogP contribution is -2.03. The summed E-state index contributed by atoms with van der Waals surface area (Å²) in [5, 5.41) is 21.3. The number of nitrogens with one attached hydrogen (secondary N) is 3. The maximum absolute atomic E-state index is 10.8. The molecular weight excluding hydrogens is 508 g/mol. The van der Waals surface area contributed by atoms with E-state index in [-0.39, 0.29) is 10.6 Å². The van der Waals surface area contributed by atoms with Crippen molar-refractivity contribution in [1.82, 2.24) is 0 Å². The molecule has 0 saturated heterocycles. The molecule has 0 heterocycles. The highest BCUT2D eigenvalue weighted by Gasteiger charge is 2.15. The average molecular weight is 555 g/mol. The van der Waals surface area contributed by atoms with Crippen molar-refractivity contribution in [3.05, 3.63) is 90.5 Å². The molecule has 0 amide bonds. The van der Waals surface area contributed by atoms with Crippen LogP contribution in [-0.2, 0) is 6.42 Å². The van der Waals surface area contributed by atoms with Gasteiger partial charge >= 0.3 is 0 Å². The fraction of sp³-hybridized carbons (Fsp3) is 0.438. The zero-order valence-electron chi connectivity index (χ0n) is 25.4. The lowest BCUT2D eigenvalue weighted by Gasteiger charge is -2.12. The number of benzene rings is 3. The molecule has 0 aliphatic carbocycles. The van der Waals surface area contributed by atoms with Gasteiger partial charge in [0.1, 0.15) is 5.69 Å². The van der Waals surface area contributed by atoms with Crippen LogP contribution < -0.4 is 16.0 Å². The van der Waals surface area contributed by atoms with Crippen LogP contribution in [0, 0.1) is 51.7 Å². The van der Waals surface area contributed by atoms with E-state index in [4.69, 9.17) is 11.6 Å². The van der Waals surface area contributed by atoms with Gasteiger partial charge in [-0.1, -0.05) is 36.7 Å². The molecule has 0 radical (unpaired) electrons. The van der Waals surface area contributed by atoms with Crippen molar-refractivity contribution in [3.63, 3.8) is 0 Å². The molecule has 3 rings (SSSR count). The smallest absolute Gasteiger partial charge is 0.292 e. The van der Waals surface area contributed by atoms with Gasteiger partial charge in [-0.05, 0) is 120 Å². The normalized spacial score (nSPS) is 10.0. The maximum Gasteiger partial charge on any atom is 0.292 e. The van der Waals surface area contributed by atoms with E-state index < -0.39 is 0 Å². The summed E-state index contributed by atoms with van der Waals surface area (Å²) in [6.45, 7) is 23.2. The minimum Gasteiger partial charge on any atom is -0.385 e. The first-order chi connectivity index (χ1) is 18.4. The first-order valence-corrected chi connectivity index (χ1v) is 14.1. The fourth-order valence-electron chi connectivity index (χ4n) is 4.58. The van der Waals surface area contributed by atoms with Crippen LogP contribution in [0.5, 0.6) is 0 Å². The topological polar surface area (TPSA) is 79.2 Å². The highest BCUT2D eigenvalue weighted by Crippen LogP contribution is 2.29. The zero-order chi connectivity index (χ0) is 29.7. The van der Waals surface area contributed by atoms with Gasteiger partial charge in [0.05, 0.1) is 4.92 Å². The van der Waals surface area contributed by atoms with Gasteiger partial charge in [-0.25, -0.2) is 0 Å². The Morgan fingerprint density at radius 2 is 1.03 bits per heavy atom. The van der Waals surface area contributed by atoms with E-state index in [1.54, 1.807) is 6.07 Å². The number of hydrogen-bond acceptors (Lipinski definition) is 5. The molecule has 0 fully saturated rings. The summed E-state index contributed by atoms with van der Waals surface area (Å²) in [5.74, 6) is 0. The van der Waals surface area contributed by atoms with Crippen molar-refractivity contribution in [2.75, 3.05) is 35.6 Å². The Hall–Kier alpha value is -3.25. The fourth-order valence-corrected chi connectivity index (χ4v) is 4.90. The standard InChI is InChI=1S/C12H19N.C10H14ClN.C10H14N2O2/c1-5-11-7-9(3)12(13-6-2)10(4)8-11;1-4-12-10-7(2)5-9(11)6-8(10)3;1-4-11-10-8(3)5-7(2)6-9(10)12(13)14/h7-8,13H,5-6H2,1-4H3;5-6,12H,4H2,1-3H3;5-6,11H,4H2,1-3H3. The van der Waals surface area contributed by atoms with E-state index in [2.05, 4.69) is 76.5 Å². The second-order valence-corrected chi connectivity index (χ2v) is 10.1. The summed E-state index contributed by atoms with van der Waals surface area (Å²) in [6, 6.07) is 12.0. The number of aryl methyl sites for hydroxylation is 7. The molecule has 0 aromatic heterocycles. The van der Waals surface area contributed by atoms with Crippen LogP contribution in [0.2, 0.25) is 5.02 Å². The van der Waals surface area contributed by atoms with E-state index in [9.17, 15) is 10.1 Å². The van der Waals surface area contributed by atoms with Gasteiger partial charge in [-0.2, -0.15) is 0 Å². The van der Waals surface area contributed by atoms with E-state index in [1.165, 1.54) is 39.2 Å². The molecule has 3 N–H and O–H groups in total. The summed E-state index contributed by atoms with van der Waals surface area (Å²) in [5.41, 5.74) is 11.7. The van der Waals surface area contributed by atoms with E-state index >= 15 is 0 Å². The van der Waals surface area contributed by atoms with Gasteiger partial charge < -0.3 is 16.0 Å². The van der Waals surface area contributed by atoms with Gasteiger partial charge in [0.2, 0.25) is 0 Å². The molecule has 0 atom stereocenters. The first-order valence-electron chi connectivity index (χ1n) is 13.7. The van der Waals surface area contributed by atoms with Crippen LogP contribution in [-0.4, -0.2) is 24.6 Å². The molecule has 6 nitrogen and oxygen atoms in total. The van der Waals surface area contributed by atoms with E-state index in [0.717, 1.165) is 35.7 Å². The number of nitro benzene ring substituents is 1. The van der Waals surface area contributed by atoms with Crippen LogP contribution in [0.1, 0.15) is 66.6 Å². The predicted octanol–water partition coefficient (Wildman–Crippen LogP) is 9.33. The van der Waals surface area contributed by atoms with Crippen LogP contribution in [0.3, 0.4) is 0 Å². The molecular formula is C32H47ClN4O2. The third-order valence-corrected chi connectivity index (χ3v) is 6.43. The van der Waals surface area contributed by atoms with E-state index in [0.29, 0.717) is 12.2 Å². The Morgan fingerprint density at radius 3 is 1.41 bits per heavy atom. The van der Waals surface area contributed by atoms with Crippen LogP contribution in [0.25, 0.3) is 0 Å². The van der Waals surface area contributed by atoms with Crippen LogP contribution >= 0.6 is 11.6 Å². The largest absolute Gasteiger partial charge is 0.385 e. The third-order valence-electron chi connectivity index (χ3n) is 6.21. The molecule has 3 aromatic carbocycles. The van der Waals surface area contributed by atoms with Crippen molar-refractivity contribution in [3.8, 4) is 0 Å². The molecule has 214 valence electrons. The van der Waals surface area contributed by atoms with Crippen LogP contribution in [0.15, 0.2) is 36.4 Å². The lowest BCUT2D eigenvalue weighted by molar-refractivity contribution is -0.384. The van der Waals surface area contributed by atoms with Crippen molar-refractivity contribution in [2.24, 2.45) is 0 Å². The lowest BCUT2D eigenvalue weighted by atomic mass is 10.0. The Kier molecular flexibility index (Phi) is 14.4. The highest BCUT2D eigenvalue weighted by molar-refractivity contribution is 6.30. The molecule has 0 unspecified atom stereocenters. The molecule has 7 heteroatoms. The second kappa shape index (κ2) is 16.7. The minimum absolute atomic E-state index is 0.157. The summed E-state index contributed by atoms with van der Waals surface area (Å²) >= 11 is 5.89. The maximum atomic E-state index is 10.8. The van der Waals surface area contributed by atoms with Crippen LogP contribution in [0.4, 0.5) is 22.7 Å². The van der Waals surface area contributed by atoms with Gasteiger partial charge in [0, 0.05) is 42.1 Å². The van der Waals surface area contributed by atoms with Crippen molar-refractivity contribution in [2.45, 2.75) is 75.7 Å². The number of halogens is 1. The van der Waals surface area contributed by atoms with Crippen molar-refractivity contribution >= 4 is 34.4 Å². The molecule has 0 aliphatic heterocycles. The monoisotopic (exact) mass is 554 g/mol. The number of nitrogens with zero attached hydrogens (tertiary/aromatic N) is 1. The van der Waals surface area contributed by atoms with E-state index in [1.807, 2.05) is 39.0 Å². The first kappa shape index (κ1) is 33.8. The molecule has 0 aliphatic rings. The summed E-state index contributed by atoms with van der Waals surface area (Å²) < 4.78 is 0. The van der Waals surface area contributed by atoms with Gasteiger partial charge in [0.15, 0.2) is 0 Å². The number of rotatable bonds is 8. The molecule has 0 saturated carbocycles. The number of anilines is 3. The molecule has 0 bridgehead atoms. The van der Waals surface area contributed by atoms with Gasteiger partial charge in [-0.15, -0.1) is 0 Å². The Balaban J connectivity index is 0.000000293. The quantitative estimate of drug-likeness (QED) is 0.191. The van der Waals surface area contributed by atoms with Crippen molar-refractivity contribution in [1.29, 1.82) is 0 Å². The third kappa shape index (κ3) is 10.4.